The van der Waals surface area contributed by atoms with Crippen LogP contribution in [0.3, 0.4) is 0 Å². The second kappa shape index (κ2) is 5.52. The number of alkyl halides is 3. The molecular formula is C15H18F3N3. The van der Waals surface area contributed by atoms with Crippen LogP contribution in [-0.2, 0) is 6.18 Å². The number of hydrogen-bond donors (Lipinski definition) is 2. The second-order valence-corrected chi connectivity index (χ2v) is 5.19. The summed E-state index contributed by atoms with van der Waals surface area (Å²) in [7, 11) is 0. The standard InChI is InChI=1S/C15H18F3N3/c1-4-8(2)10-5-6-12-11(7-10)13(21-19)9(3)14(20-12)15(16,17)18/h5-8H,4,19H2,1-3H3,(H,20,21). The molecule has 1 atom stereocenters. The van der Waals surface area contributed by atoms with Gasteiger partial charge in [-0.25, -0.2) is 4.98 Å². The van der Waals surface area contributed by atoms with Gasteiger partial charge in [0.25, 0.3) is 0 Å². The van der Waals surface area contributed by atoms with Crippen LogP contribution in [0.1, 0.15) is 43.0 Å². The minimum absolute atomic E-state index is 0.0128. The Balaban J connectivity index is 2.76. The van der Waals surface area contributed by atoms with E-state index in [0.29, 0.717) is 11.3 Å². The molecule has 1 unspecified atom stereocenters. The highest BCUT2D eigenvalue weighted by molar-refractivity contribution is 5.93. The molecule has 3 nitrogen and oxygen atoms in total. The van der Waals surface area contributed by atoms with Crippen molar-refractivity contribution in [2.75, 3.05) is 5.43 Å². The van der Waals surface area contributed by atoms with Crippen LogP contribution in [0.4, 0.5) is 18.9 Å². The van der Waals surface area contributed by atoms with E-state index < -0.39 is 11.9 Å². The first-order valence-corrected chi connectivity index (χ1v) is 6.77. The van der Waals surface area contributed by atoms with E-state index in [0.717, 1.165) is 12.0 Å². The summed E-state index contributed by atoms with van der Waals surface area (Å²) in [5, 5.41) is 0.612. The Morgan fingerprint density at radius 1 is 1.33 bits per heavy atom. The van der Waals surface area contributed by atoms with Crippen molar-refractivity contribution >= 4 is 16.6 Å². The molecule has 0 amide bonds. The third kappa shape index (κ3) is 2.81. The van der Waals surface area contributed by atoms with E-state index in [9.17, 15) is 13.2 Å². The largest absolute Gasteiger partial charge is 0.433 e. The van der Waals surface area contributed by atoms with Gasteiger partial charge in [-0.3, -0.25) is 5.84 Å². The van der Waals surface area contributed by atoms with E-state index in [2.05, 4.69) is 24.3 Å². The molecule has 0 aliphatic rings. The Kier molecular flexibility index (Phi) is 4.09. The van der Waals surface area contributed by atoms with Crippen LogP contribution in [0.25, 0.3) is 10.9 Å². The Hall–Kier alpha value is -1.82. The predicted molar refractivity (Wildman–Crippen MR) is 78.0 cm³/mol. The molecule has 0 fully saturated rings. The zero-order valence-corrected chi connectivity index (χ0v) is 12.2. The van der Waals surface area contributed by atoms with Crippen LogP contribution in [0, 0.1) is 6.92 Å². The Morgan fingerprint density at radius 3 is 2.52 bits per heavy atom. The predicted octanol–water partition coefficient (Wildman–Crippen LogP) is 4.36. The molecule has 0 saturated carbocycles. The highest BCUT2D eigenvalue weighted by Crippen LogP contribution is 2.37. The van der Waals surface area contributed by atoms with Crippen LogP contribution in [0.5, 0.6) is 0 Å². The number of anilines is 1. The minimum Gasteiger partial charge on any atom is -0.323 e. The van der Waals surface area contributed by atoms with Crippen molar-refractivity contribution in [1.29, 1.82) is 0 Å². The molecule has 0 saturated heterocycles. The highest BCUT2D eigenvalue weighted by atomic mass is 19.4. The van der Waals surface area contributed by atoms with Crippen LogP contribution < -0.4 is 11.3 Å². The van der Waals surface area contributed by atoms with Crippen molar-refractivity contribution in [3.8, 4) is 0 Å². The molecular weight excluding hydrogens is 279 g/mol. The Bertz CT molecular complexity index is 665. The molecule has 2 aromatic rings. The van der Waals surface area contributed by atoms with E-state index in [1.54, 1.807) is 6.07 Å². The Labute approximate surface area is 121 Å². The maximum Gasteiger partial charge on any atom is 0.433 e. The number of nitrogens with two attached hydrogens (primary N) is 1. The number of nitrogen functional groups attached to an aromatic ring is 1. The van der Waals surface area contributed by atoms with Crippen molar-refractivity contribution in [3.63, 3.8) is 0 Å². The van der Waals surface area contributed by atoms with E-state index in [1.165, 1.54) is 6.92 Å². The van der Waals surface area contributed by atoms with Crippen molar-refractivity contribution < 1.29 is 13.2 Å². The second-order valence-electron chi connectivity index (χ2n) is 5.19. The van der Waals surface area contributed by atoms with Crippen molar-refractivity contribution in [2.24, 2.45) is 5.84 Å². The lowest BCUT2D eigenvalue weighted by atomic mass is 9.95. The molecule has 114 valence electrons. The molecule has 0 radical (unpaired) electrons. The third-order valence-corrected chi connectivity index (χ3v) is 3.85. The van der Waals surface area contributed by atoms with Gasteiger partial charge in [-0.15, -0.1) is 0 Å². The number of nitrogens with zero attached hydrogens (tertiary/aromatic N) is 1. The molecule has 3 N–H and O–H groups in total. The number of benzene rings is 1. The average Bonchev–Trinajstić information content (AvgIpc) is 2.44. The normalized spacial score (nSPS) is 13.5. The summed E-state index contributed by atoms with van der Waals surface area (Å²) in [5.74, 6) is 5.76. The van der Waals surface area contributed by atoms with Gasteiger partial charge in [-0.2, -0.15) is 13.2 Å². The first kappa shape index (κ1) is 15.6. The SMILES string of the molecule is CCC(C)c1ccc2nc(C(F)(F)F)c(C)c(NN)c2c1. The smallest absolute Gasteiger partial charge is 0.323 e. The molecule has 2 rings (SSSR count). The van der Waals surface area contributed by atoms with Crippen molar-refractivity contribution in [3.05, 3.63) is 35.0 Å². The number of halogens is 3. The summed E-state index contributed by atoms with van der Waals surface area (Å²) < 4.78 is 39.1. The van der Waals surface area contributed by atoms with Crippen LogP contribution in [-0.4, -0.2) is 4.98 Å². The van der Waals surface area contributed by atoms with Gasteiger partial charge in [0.15, 0.2) is 0 Å². The minimum atomic E-state index is -4.50. The average molecular weight is 297 g/mol. The fourth-order valence-electron chi connectivity index (χ4n) is 2.38. The van der Waals surface area contributed by atoms with Gasteiger partial charge in [-0.05, 0) is 37.0 Å². The van der Waals surface area contributed by atoms with Gasteiger partial charge >= 0.3 is 6.18 Å². The zero-order chi connectivity index (χ0) is 15.8. The summed E-state index contributed by atoms with van der Waals surface area (Å²) in [5.41, 5.74) is 3.12. The van der Waals surface area contributed by atoms with E-state index in [-0.39, 0.29) is 16.8 Å². The molecule has 0 bridgehead atoms. The molecule has 6 heteroatoms. The van der Waals surface area contributed by atoms with Crippen molar-refractivity contribution in [1.82, 2.24) is 4.98 Å². The van der Waals surface area contributed by atoms with Crippen molar-refractivity contribution in [2.45, 2.75) is 39.3 Å². The quantitative estimate of drug-likeness (QED) is 0.653. The third-order valence-electron chi connectivity index (χ3n) is 3.85. The number of nitrogens with one attached hydrogen (secondary N) is 1. The lowest BCUT2D eigenvalue weighted by Crippen LogP contribution is -2.16. The van der Waals surface area contributed by atoms with E-state index in [1.807, 2.05) is 12.1 Å². The first-order chi connectivity index (χ1) is 9.79. The maximum atomic E-state index is 13.0. The summed E-state index contributed by atoms with van der Waals surface area (Å²) in [6, 6.07) is 5.30. The van der Waals surface area contributed by atoms with Gasteiger partial charge in [-0.1, -0.05) is 19.9 Å². The number of pyridine rings is 1. The summed E-state index contributed by atoms with van der Waals surface area (Å²) in [6.07, 6.45) is -3.55. The molecule has 0 aliphatic heterocycles. The number of rotatable bonds is 3. The zero-order valence-electron chi connectivity index (χ0n) is 12.2. The van der Waals surface area contributed by atoms with Gasteiger partial charge in [0.05, 0.1) is 11.2 Å². The summed E-state index contributed by atoms with van der Waals surface area (Å²) in [4.78, 5) is 3.76. The van der Waals surface area contributed by atoms with Crippen LogP contribution in [0.2, 0.25) is 0 Å². The van der Waals surface area contributed by atoms with Crippen LogP contribution >= 0.6 is 0 Å². The van der Waals surface area contributed by atoms with Gasteiger partial charge < -0.3 is 5.43 Å². The molecule has 21 heavy (non-hydrogen) atoms. The van der Waals surface area contributed by atoms with Gasteiger partial charge in [0.1, 0.15) is 5.69 Å². The van der Waals surface area contributed by atoms with Gasteiger partial charge in [0, 0.05) is 10.9 Å². The van der Waals surface area contributed by atoms with E-state index in [4.69, 9.17) is 5.84 Å². The monoisotopic (exact) mass is 297 g/mol. The lowest BCUT2D eigenvalue weighted by molar-refractivity contribution is -0.141. The van der Waals surface area contributed by atoms with E-state index >= 15 is 0 Å². The highest BCUT2D eigenvalue weighted by Gasteiger charge is 2.36. The number of hydrazine groups is 1. The van der Waals surface area contributed by atoms with Gasteiger partial charge in [0.2, 0.25) is 0 Å². The molecule has 1 aromatic heterocycles. The fraction of sp³-hybridized carbons (Fsp3) is 0.400. The molecule has 1 heterocycles. The first-order valence-electron chi connectivity index (χ1n) is 6.77. The molecule has 0 spiro atoms. The summed E-state index contributed by atoms with van der Waals surface area (Å²) in [6.45, 7) is 5.51. The number of fused-ring (bicyclic) bond motifs is 1. The lowest BCUT2D eigenvalue weighted by Gasteiger charge is -2.17. The molecule has 0 aliphatic carbocycles. The Morgan fingerprint density at radius 2 is 2.00 bits per heavy atom. The van der Waals surface area contributed by atoms with Crippen LogP contribution in [0.15, 0.2) is 18.2 Å². The summed E-state index contributed by atoms with van der Waals surface area (Å²) >= 11 is 0. The number of hydrogen-bond acceptors (Lipinski definition) is 3. The maximum absolute atomic E-state index is 13.0. The number of aromatic nitrogens is 1. The molecule has 1 aromatic carbocycles. The fourth-order valence-corrected chi connectivity index (χ4v) is 2.38. The topological polar surface area (TPSA) is 50.9 Å².